The van der Waals surface area contributed by atoms with Gasteiger partial charge in [0.25, 0.3) is 0 Å². The molecule has 24 heavy (non-hydrogen) atoms. The summed E-state index contributed by atoms with van der Waals surface area (Å²) in [5.41, 5.74) is -0.547. The Kier molecular flexibility index (Phi) is 3.23. The number of allylic oxidation sites excluding steroid dienone is 2. The Balaban J connectivity index is 1.48. The molecule has 0 spiro atoms. The molecule has 126 valence electrons. The van der Waals surface area contributed by atoms with Gasteiger partial charge in [0, 0.05) is 5.69 Å². The van der Waals surface area contributed by atoms with Crippen LogP contribution in [-0.2, 0) is 15.8 Å². The van der Waals surface area contributed by atoms with Crippen molar-refractivity contribution in [3.05, 3.63) is 42.0 Å². The van der Waals surface area contributed by atoms with Gasteiger partial charge < -0.3 is 5.32 Å². The van der Waals surface area contributed by atoms with E-state index in [9.17, 15) is 22.8 Å². The molecule has 1 aromatic carbocycles. The van der Waals surface area contributed by atoms with E-state index < -0.39 is 11.7 Å². The van der Waals surface area contributed by atoms with Crippen LogP contribution in [0.4, 0.5) is 18.9 Å². The quantitative estimate of drug-likeness (QED) is 0.682. The predicted molar refractivity (Wildman–Crippen MR) is 79.5 cm³/mol. The summed E-state index contributed by atoms with van der Waals surface area (Å²) in [7, 11) is 0. The molecule has 4 atom stereocenters. The van der Waals surface area contributed by atoms with Crippen molar-refractivity contribution in [3.8, 4) is 0 Å². The molecule has 2 bridgehead atoms. The first-order chi connectivity index (χ1) is 11.4. The van der Waals surface area contributed by atoms with Crippen LogP contribution in [0.25, 0.3) is 0 Å². The van der Waals surface area contributed by atoms with Crippen molar-refractivity contribution < 1.29 is 22.8 Å². The van der Waals surface area contributed by atoms with Crippen molar-refractivity contribution in [2.75, 3.05) is 12.0 Å². The number of likely N-dealkylation sites (tertiary alicyclic amines) is 1. The van der Waals surface area contributed by atoms with E-state index in [1.165, 1.54) is 12.1 Å². The second-order valence-corrected chi connectivity index (χ2v) is 6.52. The molecule has 0 unspecified atom stereocenters. The lowest BCUT2D eigenvalue weighted by molar-refractivity contribution is -0.140. The van der Waals surface area contributed by atoms with Crippen LogP contribution in [0.1, 0.15) is 12.0 Å². The topological polar surface area (TPSA) is 49.4 Å². The summed E-state index contributed by atoms with van der Waals surface area (Å²) in [5.74, 6) is -0.792. The van der Waals surface area contributed by atoms with E-state index >= 15 is 0 Å². The van der Waals surface area contributed by atoms with E-state index in [1.54, 1.807) is 0 Å². The number of hydrogen-bond acceptors (Lipinski definition) is 3. The molecule has 1 aromatic rings. The van der Waals surface area contributed by atoms with Gasteiger partial charge in [-0.25, -0.2) is 0 Å². The van der Waals surface area contributed by atoms with Gasteiger partial charge in [-0.05, 0) is 36.5 Å². The Morgan fingerprint density at radius 1 is 1.08 bits per heavy atom. The fourth-order valence-corrected chi connectivity index (χ4v) is 4.10. The van der Waals surface area contributed by atoms with Crippen LogP contribution in [-0.4, -0.2) is 23.4 Å². The van der Waals surface area contributed by atoms with Crippen molar-refractivity contribution >= 4 is 17.5 Å². The van der Waals surface area contributed by atoms with E-state index in [-0.39, 0.29) is 47.8 Å². The number of fused-ring (bicyclic) bond motifs is 5. The number of alkyl halides is 3. The average molecular weight is 336 g/mol. The maximum Gasteiger partial charge on any atom is 0.416 e. The lowest BCUT2D eigenvalue weighted by Gasteiger charge is -2.19. The minimum atomic E-state index is -4.43. The van der Waals surface area contributed by atoms with Crippen LogP contribution in [0.15, 0.2) is 36.4 Å². The first-order valence-corrected chi connectivity index (χ1v) is 7.81. The standard InChI is InChI=1S/C17H15F3N2O2/c18-17(19,20)11-2-1-3-12(7-11)21-8-22-15(23)13-9-4-5-10(6-9)14(13)16(22)24/h1-5,7,9-10,13-14,21H,6,8H2/t9-,10-,13+,14+/m1/s1. The zero-order valence-electron chi connectivity index (χ0n) is 12.6. The van der Waals surface area contributed by atoms with Crippen LogP contribution >= 0.6 is 0 Å². The number of hydrogen-bond donors (Lipinski definition) is 1. The molecular formula is C17H15F3N2O2. The molecule has 2 fully saturated rings. The molecule has 4 nitrogen and oxygen atoms in total. The first-order valence-electron chi connectivity index (χ1n) is 7.81. The van der Waals surface area contributed by atoms with Crippen LogP contribution < -0.4 is 5.32 Å². The lowest BCUT2D eigenvalue weighted by atomic mass is 9.85. The third-order valence-electron chi connectivity index (χ3n) is 5.19. The fraction of sp³-hybridized carbons (Fsp3) is 0.412. The highest BCUT2D eigenvalue weighted by Gasteiger charge is 2.59. The smallest absolute Gasteiger partial charge is 0.367 e. The molecule has 1 aliphatic heterocycles. The first kappa shape index (κ1) is 15.2. The zero-order chi connectivity index (χ0) is 17.1. The minimum Gasteiger partial charge on any atom is -0.367 e. The number of amides is 2. The van der Waals surface area contributed by atoms with Crippen LogP contribution in [0.2, 0.25) is 0 Å². The monoisotopic (exact) mass is 336 g/mol. The van der Waals surface area contributed by atoms with E-state index in [2.05, 4.69) is 5.32 Å². The molecule has 1 saturated heterocycles. The highest BCUT2D eigenvalue weighted by molar-refractivity contribution is 6.06. The van der Waals surface area contributed by atoms with Crippen molar-refractivity contribution in [2.24, 2.45) is 23.7 Å². The number of imide groups is 1. The van der Waals surface area contributed by atoms with Crippen LogP contribution in [0.3, 0.4) is 0 Å². The second-order valence-electron chi connectivity index (χ2n) is 6.52. The third-order valence-corrected chi connectivity index (χ3v) is 5.19. The summed E-state index contributed by atoms with van der Waals surface area (Å²) in [6.45, 7) is -0.106. The molecule has 7 heteroatoms. The maximum absolute atomic E-state index is 12.7. The number of anilines is 1. The predicted octanol–water partition coefficient (Wildman–Crippen LogP) is 2.88. The summed E-state index contributed by atoms with van der Waals surface area (Å²) in [6, 6.07) is 4.71. The Labute approximate surface area is 136 Å². The summed E-state index contributed by atoms with van der Waals surface area (Å²) >= 11 is 0. The molecule has 4 rings (SSSR count). The van der Waals surface area contributed by atoms with Gasteiger partial charge in [-0.3, -0.25) is 14.5 Å². The van der Waals surface area contributed by atoms with Gasteiger partial charge in [0.05, 0.1) is 24.1 Å². The summed E-state index contributed by atoms with van der Waals surface area (Å²) in [4.78, 5) is 26.1. The second kappa shape index (κ2) is 5.09. The molecule has 1 saturated carbocycles. The van der Waals surface area contributed by atoms with Gasteiger partial charge in [-0.15, -0.1) is 0 Å². The Morgan fingerprint density at radius 3 is 2.29 bits per heavy atom. The van der Waals surface area contributed by atoms with Crippen LogP contribution in [0.5, 0.6) is 0 Å². The summed E-state index contributed by atoms with van der Waals surface area (Å²) < 4.78 is 38.2. The van der Waals surface area contributed by atoms with E-state index in [4.69, 9.17) is 0 Å². The van der Waals surface area contributed by atoms with E-state index in [0.717, 1.165) is 23.5 Å². The molecule has 1 heterocycles. The van der Waals surface area contributed by atoms with Crippen molar-refractivity contribution in [2.45, 2.75) is 12.6 Å². The highest BCUT2D eigenvalue weighted by Crippen LogP contribution is 2.52. The molecule has 1 N–H and O–H groups in total. The Morgan fingerprint density at radius 2 is 1.71 bits per heavy atom. The van der Waals surface area contributed by atoms with Crippen molar-refractivity contribution in [1.82, 2.24) is 4.90 Å². The lowest BCUT2D eigenvalue weighted by Crippen LogP contribution is -2.37. The molecule has 0 aromatic heterocycles. The summed E-state index contributed by atoms with van der Waals surface area (Å²) in [6.07, 6.45) is 0.419. The number of halogens is 3. The van der Waals surface area contributed by atoms with Gasteiger partial charge in [-0.1, -0.05) is 18.2 Å². The fourth-order valence-electron chi connectivity index (χ4n) is 4.10. The normalized spacial score (nSPS) is 31.0. The molecule has 3 aliphatic rings. The highest BCUT2D eigenvalue weighted by atomic mass is 19.4. The molecular weight excluding hydrogens is 321 g/mol. The summed E-state index contributed by atoms with van der Waals surface area (Å²) in [5, 5.41) is 2.76. The third kappa shape index (κ3) is 2.22. The van der Waals surface area contributed by atoms with E-state index in [0.29, 0.717) is 0 Å². The van der Waals surface area contributed by atoms with Gasteiger partial charge in [0.15, 0.2) is 0 Å². The number of carbonyl (C=O) groups is 2. The molecule has 2 aliphatic carbocycles. The van der Waals surface area contributed by atoms with Gasteiger partial charge >= 0.3 is 6.18 Å². The maximum atomic E-state index is 12.7. The number of benzene rings is 1. The van der Waals surface area contributed by atoms with Crippen LogP contribution in [0, 0.1) is 23.7 Å². The van der Waals surface area contributed by atoms with E-state index in [1.807, 2.05) is 12.2 Å². The largest absolute Gasteiger partial charge is 0.416 e. The minimum absolute atomic E-state index is 0.106. The SMILES string of the molecule is O=C1[C@@H]2[C@@H](C(=O)N1CNc1cccc(C(F)(F)F)c1)[C@@H]1C=C[C@@H]2C1. The van der Waals surface area contributed by atoms with Gasteiger partial charge in [0.1, 0.15) is 0 Å². The number of nitrogens with zero attached hydrogens (tertiary/aromatic N) is 1. The Bertz CT molecular complexity index is 714. The van der Waals surface area contributed by atoms with Gasteiger partial charge in [-0.2, -0.15) is 13.2 Å². The Hall–Kier alpha value is -2.31. The number of nitrogens with one attached hydrogen (secondary N) is 1. The molecule has 0 radical (unpaired) electrons. The average Bonchev–Trinajstić information content (AvgIpc) is 3.20. The van der Waals surface area contributed by atoms with Crippen molar-refractivity contribution in [1.29, 1.82) is 0 Å². The number of rotatable bonds is 3. The van der Waals surface area contributed by atoms with Crippen molar-refractivity contribution in [3.63, 3.8) is 0 Å². The zero-order valence-corrected chi connectivity index (χ0v) is 12.6. The number of carbonyl (C=O) groups excluding carboxylic acids is 2. The van der Waals surface area contributed by atoms with Gasteiger partial charge in [0.2, 0.25) is 11.8 Å². The molecule has 2 amide bonds.